The van der Waals surface area contributed by atoms with Crippen LogP contribution in [0.5, 0.6) is 0 Å². The molecule has 0 fully saturated rings. The van der Waals surface area contributed by atoms with Crippen LogP contribution in [-0.4, -0.2) is 18.3 Å². The van der Waals surface area contributed by atoms with E-state index in [9.17, 15) is 5.11 Å². The van der Waals surface area contributed by atoms with Crippen LogP contribution in [0.4, 0.5) is 0 Å². The average Bonchev–Trinajstić information content (AvgIpc) is 2.29. The first-order chi connectivity index (χ1) is 7.74. The summed E-state index contributed by atoms with van der Waals surface area (Å²) in [5.41, 5.74) is 2.05. The van der Waals surface area contributed by atoms with E-state index in [1.54, 1.807) is 0 Å². The van der Waals surface area contributed by atoms with Gasteiger partial charge in [0.2, 0.25) is 0 Å². The second-order valence-electron chi connectivity index (χ2n) is 3.86. The Labute approximate surface area is 97.6 Å². The zero-order chi connectivity index (χ0) is 11.8. The Balaban J connectivity index is 2.29. The van der Waals surface area contributed by atoms with Gasteiger partial charge in [-0.25, -0.2) is 0 Å². The van der Waals surface area contributed by atoms with Crippen molar-refractivity contribution in [3.8, 4) is 0 Å². The Kier molecular flexibility index (Phi) is 5.65. The Morgan fingerprint density at radius 3 is 2.50 bits per heavy atom. The lowest BCUT2D eigenvalue weighted by atomic mass is 10.1. The van der Waals surface area contributed by atoms with Crippen LogP contribution in [0, 0.1) is 0 Å². The van der Waals surface area contributed by atoms with E-state index in [1.165, 1.54) is 5.56 Å². The van der Waals surface area contributed by atoms with Crippen LogP contribution < -0.4 is 0 Å². The highest BCUT2D eigenvalue weighted by atomic mass is 16.5. The average molecular weight is 220 g/mol. The topological polar surface area (TPSA) is 29.5 Å². The molecule has 0 aliphatic heterocycles. The van der Waals surface area contributed by atoms with Crippen LogP contribution in [0.1, 0.15) is 30.9 Å². The van der Waals surface area contributed by atoms with E-state index in [0.717, 1.165) is 38.0 Å². The lowest BCUT2D eigenvalue weighted by molar-refractivity contribution is 0.132. The van der Waals surface area contributed by atoms with Gasteiger partial charge in [-0.2, -0.15) is 0 Å². The third-order valence-electron chi connectivity index (χ3n) is 2.39. The molecule has 1 N–H and O–H groups in total. The van der Waals surface area contributed by atoms with Crippen molar-refractivity contribution in [1.29, 1.82) is 0 Å². The molecule has 2 heteroatoms. The van der Waals surface area contributed by atoms with Crippen molar-refractivity contribution in [3.05, 3.63) is 42.0 Å². The fourth-order valence-corrected chi connectivity index (χ4v) is 1.49. The Morgan fingerprint density at radius 2 is 1.94 bits per heavy atom. The van der Waals surface area contributed by atoms with Crippen LogP contribution in [0.2, 0.25) is 0 Å². The summed E-state index contributed by atoms with van der Waals surface area (Å²) in [6, 6.07) is 7.84. The molecule has 16 heavy (non-hydrogen) atoms. The van der Waals surface area contributed by atoms with Crippen molar-refractivity contribution in [3.63, 3.8) is 0 Å². The predicted octanol–water partition coefficient (Wildman–Crippen LogP) is 3.57. The summed E-state index contributed by atoms with van der Waals surface area (Å²) >= 11 is 0. The largest absolute Gasteiger partial charge is 0.508 e. The molecule has 0 bridgehead atoms. The maximum atomic E-state index is 9.17. The van der Waals surface area contributed by atoms with E-state index in [0.29, 0.717) is 0 Å². The highest BCUT2D eigenvalue weighted by Crippen LogP contribution is 2.11. The van der Waals surface area contributed by atoms with E-state index in [-0.39, 0.29) is 5.76 Å². The second-order valence-corrected chi connectivity index (χ2v) is 3.86. The monoisotopic (exact) mass is 220 g/mol. The molecule has 0 aliphatic carbocycles. The van der Waals surface area contributed by atoms with Crippen LogP contribution in [0.25, 0.3) is 5.76 Å². The summed E-state index contributed by atoms with van der Waals surface area (Å²) in [5.74, 6) is 0.123. The van der Waals surface area contributed by atoms with Gasteiger partial charge >= 0.3 is 0 Å². The van der Waals surface area contributed by atoms with E-state index in [2.05, 4.69) is 13.5 Å². The number of aliphatic hydroxyl groups excluding tert-OH is 1. The number of hydrogen-bond donors (Lipinski definition) is 1. The van der Waals surface area contributed by atoms with Gasteiger partial charge in [0, 0.05) is 18.8 Å². The van der Waals surface area contributed by atoms with Crippen molar-refractivity contribution in [2.45, 2.75) is 26.2 Å². The van der Waals surface area contributed by atoms with E-state index >= 15 is 0 Å². The zero-order valence-corrected chi connectivity index (χ0v) is 9.91. The SMILES string of the molecule is C=C(O)c1ccc(CCCOCCC)cc1. The minimum atomic E-state index is 0.123. The summed E-state index contributed by atoms with van der Waals surface area (Å²) in [7, 11) is 0. The molecule has 0 atom stereocenters. The highest BCUT2D eigenvalue weighted by Gasteiger charge is 1.97. The molecular formula is C14H20O2. The maximum Gasteiger partial charge on any atom is 0.115 e. The molecule has 0 saturated heterocycles. The quantitative estimate of drug-likeness (QED) is 0.562. The summed E-state index contributed by atoms with van der Waals surface area (Å²) in [5, 5.41) is 9.17. The Bertz CT molecular complexity index is 314. The fraction of sp³-hybridized carbons (Fsp3) is 0.429. The molecule has 0 saturated carbocycles. The molecule has 0 spiro atoms. The normalized spacial score (nSPS) is 10.3. The molecule has 0 aromatic heterocycles. The summed E-state index contributed by atoms with van der Waals surface area (Å²) in [6.07, 6.45) is 3.13. The van der Waals surface area contributed by atoms with Crippen LogP contribution in [0.15, 0.2) is 30.8 Å². The van der Waals surface area contributed by atoms with Gasteiger partial charge in [0.15, 0.2) is 0 Å². The number of benzene rings is 1. The minimum Gasteiger partial charge on any atom is -0.508 e. The van der Waals surface area contributed by atoms with Crippen LogP contribution in [-0.2, 0) is 11.2 Å². The minimum absolute atomic E-state index is 0.123. The first-order valence-corrected chi connectivity index (χ1v) is 5.79. The first kappa shape index (κ1) is 12.8. The van der Waals surface area contributed by atoms with Gasteiger partial charge in [-0.15, -0.1) is 0 Å². The van der Waals surface area contributed by atoms with E-state index in [1.807, 2.05) is 24.3 Å². The molecule has 0 unspecified atom stereocenters. The third kappa shape index (κ3) is 4.49. The van der Waals surface area contributed by atoms with Gasteiger partial charge in [0.1, 0.15) is 5.76 Å². The fourth-order valence-electron chi connectivity index (χ4n) is 1.49. The number of rotatable bonds is 7. The molecule has 0 amide bonds. The van der Waals surface area contributed by atoms with Crippen molar-refractivity contribution in [1.82, 2.24) is 0 Å². The van der Waals surface area contributed by atoms with E-state index in [4.69, 9.17) is 4.74 Å². The zero-order valence-electron chi connectivity index (χ0n) is 9.91. The Hall–Kier alpha value is -1.28. The molecule has 1 aromatic carbocycles. The molecular weight excluding hydrogens is 200 g/mol. The molecule has 0 heterocycles. The maximum absolute atomic E-state index is 9.17. The molecule has 1 rings (SSSR count). The molecule has 1 aromatic rings. The molecule has 88 valence electrons. The number of ether oxygens (including phenoxy) is 1. The summed E-state index contributed by atoms with van der Waals surface area (Å²) in [4.78, 5) is 0. The number of aryl methyl sites for hydroxylation is 1. The van der Waals surface area contributed by atoms with Crippen molar-refractivity contribution >= 4 is 5.76 Å². The number of hydrogen-bond acceptors (Lipinski definition) is 2. The molecule has 2 nitrogen and oxygen atoms in total. The van der Waals surface area contributed by atoms with Crippen molar-refractivity contribution < 1.29 is 9.84 Å². The van der Waals surface area contributed by atoms with Gasteiger partial charge in [-0.05, 0) is 24.8 Å². The third-order valence-corrected chi connectivity index (χ3v) is 2.39. The van der Waals surface area contributed by atoms with Gasteiger partial charge in [0.25, 0.3) is 0 Å². The number of aliphatic hydroxyl groups is 1. The second kappa shape index (κ2) is 7.07. The van der Waals surface area contributed by atoms with Crippen LogP contribution >= 0.6 is 0 Å². The van der Waals surface area contributed by atoms with Gasteiger partial charge in [0.05, 0.1) is 0 Å². The van der Waals surface area contributed by atoms with Crippen molar-refractivity contribution in [2.75, 3.05) is 13.2 Å². The summed E-state index contributed by atoms with van der Waals surface area (Å²) < 4.78 is 5.41. The van der Waals surface area contributed by atoms with Gasteiger partial charge < -0.3 is 9.84 Å². The molecule has 0 aliphatic rings. The first-order valence-electron chi connectivity index (χ1n) is 5.79. The summed E-state index contributed by atoms with van der Waals surface area (Å²) in [6.45, 7) is 7.27. The molecule has 0 radical (unpaired) electrons. The van der Waals surface area contributed by atoms with Crippen molar-refractivity contribution in [2.24, 2.45) is 0 Å². The van der Waals surface area contributed by atoms with Gasteiger partial charge in [-0.3, -0.25) is 0 Å². The lowest BCUT2D eigenvalue weighted by Gasteiger charge is -2.04. The van der Waals surface area contributed by atoms with Gasteiger partial charge in [-0.1, -0.05) is 37.8 Å². The predicted molar refractivity (Wildman–Crippen MR) is 67.5 cm³/mol. The highest BCUT2D eigenvalue weighted by molar-refractivity contribution is 5.55. The Morgan fingerprint density at radius 1 is 1.25 bits per heavy atom. The smallest absolute Gasteiger partial charge is 0.115 e. The van der Waals surface area contributed by atoms with E-state index < -0.39 is 0 Å². The van der Waals surface area contributed by atoms with Crippen LogP contribution in [0.3, 0.4) is 0 Å². The standard InChI is InChI=1S/C14H20O2/c1-3-10-16-11-4-5-13-6-8-14(9-7-13)12(2)15/h6-9,15H,2-5,10-11H2,1H3. The lowest BCUT2D eigenvalue weighted by Crippen LogP contribution is -1.97.